The number of hydrogen-bond acceptors (Lipinski definition) is 5. The van der Waals surface area contributed by atoms with Crippen molar-refractivity contribution in [1.82, 2.24) is 20.3 Å². The summed E-state index contributed by atoms with van der Waals surface area (Å²) in [4.78, 5) is 9.08. The number of aliphatic imine (C=N–C) groups is 1. The van der Waals surface area contributed by atoms with Crippen molar-refractivity contribution in [2.45, 2.75) is 20.4 Å². The molecule has 146 valence electrons. The highest BCUT2D eigenvalue weighted by Gasteiger charge is 2.20. The van der Waals surface area contributed by atoms with E-state index in [1.165, 1.54) is 11.1 Å². The first-order valence-electron chi connectivity index (χ1n) is 9.42. The molecule has 0 radical (unpaired) electrons. The molecule has 1 aromatic heterocycles. The molecule has 0 atom stereocenters. The minimum absolute atomic E-state index is 0.605. The summed E-state index contributed by atoms with van der Waals surface area (Å²) in [6.45, 7) is 10.2. The van der Waals surface area contributed by atoms with Crippen molar-refractivity contribution < 1.29 is 9.26 Å². The summed E-state index contributed by atoms with van der Waals surface area (Å²) in [5.74, 6) is 1.85. The lowest BCUT2D eigenvalue weighted by Gasteiger charge is -2.36. The van der Waals surface area contributed by atoms with Crippen LogP contribution in [0.1, 0.15) is 16.8 Å². The van der Waals surface area contributed by atoms with E-state index in [0.717, 1.165) is 56.7 Å². The number of guanidine groups is 1. The molecule has 1 aliphatic rings. The van der Waals surface area contributed by atoms with Gasteiger partial charge in [0, 0.05) is 45.8 Å². The molecule has 1 saturated heterocycles. The molecule has 7 nitrogen and oxygen atoms in total. The zero-order valence-corrected chi connectivity index (χ0v) is 16.4. The van der Waals surface area contributed by atoms with E-state index in [2.05, 4.69) is 57.3 Å². The van der Waals surface area contributed by atoms with Crippen molar-refractivity contribution in [2.75, 3.05) is 46.4 Å². The number of nitrogens with one attached hydrogen (secondary N) is 1. The Morgan fingerprint density at radius 2 is 1.93 bits per heavy atom. The van der Waals surface area contributed by atoms with Crippen LogP contribution in [0.15, 0.2) is 40.0 Å². The normalized spacial score (nSPS) is 15.8. The summed E-state index contributed by atoms with van der Waals surface area (Å²) in [6, 6.07) is 8.20. The second-order valence-electron chi connectivity index (χ2n) is 6.90. The van der Waals surface area contributed by atoms with Crippen molar-refractivity contribution in [1.29, 1.82) is 0 Å². The number of ether oxygens (including phenoxy) is 1. The smallest absolute Gasteiger partial charge is 0.193 e. The fourth-order valence-electron chi connectivity index (χ4n) is 3.35. The fraction of sp³-hybridized carbons (Fsp3) is 0.500. The second kappa shape index (κ2) is 9.41. The van der Waals surface area contributed by atoms with Gasteiger partial charge in [0.1, 0.15) is 18.6 Å². The van der Waals surface area contributed by atoms with Crippen LogP contribution in [0.25, 0.3) is 0 Å². The molecule has 1 aromatic carbocycles. The van der Waals surface area contributed by atoms with Gasteiger partial charge in [-0.15, -0.1) is 0 Å². The molecule has 0 amide bonds. The van der Waals surface area contributed by atoms with Gasteiger partial charge in [0.25, 0.3) is 0 Å². The first-order valence-corrected chi connectivity index (χ1v) is 9.42. The lowest BCUT2D eigenvalue weighted by molar-refractivity contribution is 0.168. The number of aryl methyl sites for hydroxylation is 2. The molecule has 0 unspecified atom stereocenters. The van der Waals surface area contributed by atoms with Gasteiger partial charge in [0.15, 0.2) is 5.96 Å². The van der Waals surface area contributed by atoms with Gasteiger partial charge in [0.2, 0.25) is 0 Å². The number of piperazine rings is 1. The molecule has 1 N–H and O–H groups in total. The summed E-state index contributed by atoms with van der Waals surface area (Å²) < 4.78 is 10.8. The SMILES string of the molecule is CN=C(NCCOc1cc(C)cc(C)c1)N1CCN(Cc2ccon2)CC1. The van der Waals surface area contributed by atoms with Crippen LogP contribution in [0.3, 0.4) is 0 Å². The maximum atomic E-state index is 5.87. The Morgan fingerprint density at radius 3 is 2.56 bits per heavy atom. The van der Waals surface area contributed by atoms with E-state index < -0.39 is 0 Å². The molecule has 0 saturated carbocycles. The molecule has 0 bridgehead atoms. The van der Waals surface area contributed by atoms with Crippen LogP contribution in [0, 0.1) is 13.8 Å². The first kappa shape index (κ1) is 19.2. The molecular weight excluding hydrogens is 342 g/mol. The van der Waals surface area contributed by atoms with Gasteiger partial charge in [-0.1, -0.05) is 11.2 Å². The van der Waals surface area contributed by atoms with Gasteiger partial charge in [-0.25, -0.2) is 0 Å². The lowest BCUT2D eigenvalue weighted by Crippen LogP contribution is -2.52. The van der Waals surface area contributed by atoms with Gasteiger partial charge in [-0.2, -0.15) is 0 Å². The largest absolute Gasteiger partial charge is 0.492 e. The number of benzene rings is 1. The highest BCUT2D eigenvalue weighted by molar-refractivity contribution is 5.80. The van der Waals surface area contributed by atoms with Crippen molar-refractivity contribution in [3.05, 3.63) is 47.3 Å². The molecular formula is C20H29N5O2. The molecule has 7 heteroatoms. The predicted molar refractivity (Wildman–Crippen MR) is 106 cm³/mol. The Hall–Kier alpha value is -2.54. The summed E-state index contributed by atoms with van der Waals surface area (Å²) in [5.41, 5.74) is 3.42. The Balaban J connectivity index is 1.39. The summed E-state index contributed by atoms with van der Waals surface area (Å²) >= 11 is 0. The number of aromatic nitrogens is 1. The first-order chi connectivity index (χ1) is 13.1. The highest BCUT2D eigenvalue weighted by atomic mass is 16.5. The van der Waals surface area contributed by atoms with Crippen LogP contribution in [-0.4, -0.2) is 67.3 Å². The van der Waals surface area contributed by atoms with Gasteiger partial charge in [-0.05, 0) is 37.1 Å². The average Bonchev–Trinajstić information content (AvgIpc) is 3.15. The third-order valence-electron chi connectivity index (χ3n) is 4.61. The van der Waals surface area contributed by atoms with Gasteiger partial charge in [0.05, 0.1) is 12.2 Å². The van der Waals surface area contributed by atoms with Crippen LogP contribution in [-0.2, 0) is 6.54 Å². The number of nitrogens with zero attached hydrogens (tertiary/aromatic N) is 4. The maximum absolute atomic E-state index is 5.87. The van der Waals surface area contributed by atoms with Crippen LogP contribution in [0.2, 0.25) is 0 Å². The van der Waals surface area contributed by atoms with Crippen LogP contribution >= 0.6 is 0 Å². The standard InChI is InChI=1S/C20H29N5O2/c1-16-12-17(2)14-19(13-16)26-11-5-22-20(21-3)25-8-6-24(7-9-25)15-18-4-10-27-23-18/h4,10,12-14H,5-9,11,15H2,1-3H3,(H,21,22). The zero-order chi connectivity index (χ0) is 19.1. The Morgan fingerprint density at radius 1 is 1.19 bits per heavy atom. The van der Waals surface area contributed by atoms with Gasteiger partial charge >= 0.3 is 0 Å². The maximum Gasteiger partial charge on any atom is 0.193 e. The van der Waals surface area contributed by atoms with Crippen molar-refractivity contribution in [3.63, 3.8) is 0 Å². The Bertz CT molecular complexity index is 717. The van der Waals surface area contributed by atoms with E-state index in [0.29, 0.717) is 6.61 Å². The topological polar surface area (TPSA) is 66.1 Å². The van der Waals surface area contributed by atoms with Gasteiger partial charge < -0.3 is 19.5 Å². The van der Waals surface area contributed by atoms with Crippen LogP contribution in [0.5, 0.6) is 5.75 Å². The van der Waals surface area contributed by atoms with Crippen LogP contribution in [0.4, 0.5) is 0 Å². The summed E-state index contributed by atoms with van der Waals surface area (Å²) in [5, 5.41) is 7.39. The number of rotatable bonds is 6. The minimum Gasteiger partial charge on any atom is -0.492 e. The van der Waals surface area contributed by atoms with E-state index in [1.807, 2.05) is 13.1 Å². The van der Waals surface area contributed by atoms with Crippen molar-refractivity contribution in [3.8, 4) is 5.75 Å². The van der Waals surface area contributed by atoms with E-state index in [9.17, 15) is 0 Å². The van der Waals surface area contributed by atoms with Crippen molar-refractivity contribution in [2.24, 2.45) is 4.99 Å². The fourth-order valence-corrected chi connectivity index (χ4v) is 3.35. The molecule has 1 fully saturated rings. The van der Waals surface area contributed by atoms with E-state index in [4.69, 9.17) is 9.26 Å². The summed E-state index contributed by atoms with van der Waals surface area (Å²) in [7, 11) is 1.83. The molecule has 2 aromatic rings. The molecule has 0 spiro atoms. The summed E-state index contributed by atoms with van der Waals surface area (Å²) in [6.07, 6.45) is 1.62. The molecule has 0 aliphatic carbocycles. The number of hydrogen-bond donors (Lipinski definition) is 1. The second-order valence-corrected chi connectivity index (χ2v) is 6.90. The quantitative estimate of drug-likeness (QED) is 0.476. The third kappa shape index (κ3) is 5.72. The third-order valence-corrected chi connectivity index (χ3v) is 4.61. The molecule has 3 rings (SSSR count). The van der Waals surface area contributed by atoms with Crippen molar-refractivity contribution >= 4 is 5.96 Å². The minimum atomic E-state index is 0.605. The molecule has 2 heterocycles. The molecule has 1 aliphatic heterocycles. The van der Waals surface area contributed by atoms with Crippen LogP contribution < -0.4 is 10.1 Å². The van der Waals surface area contributed by atoms with E-state index in [1.54, 1.807) is 6.26 Å². The zero-order valence-electron chi connectivity index (χ0n) is 16.4. The highest BCUT2D eigenvalue weighted by Crippen LogP contribution is 2.15. The monoisotopic (exact) mass is 371 g/mol. The Labute approximate surface area is 161 Å². The van der Waals surface area contributed by atoms with E-state index >= 15 is 0 Å². The lowest BCUT2D eigenvalue weighted by atomic mass is 10.1. The predicted octanol–water partition coefficient (Wildman–Crippen LogP) is 2.06. The van der Waals surface area contributed by atoms with Gasteiger partial charge in [-0.3, -0.25) is 9.89 Å². The Kier molecular flexibility index (Phi) is 6.70. The average molecular weight is 371 g/mol. The van der Waals surface area contributed by atoms with E-state index in [-0.39, 0.29) is 0 Å². The molecule has 27 heavy (non-hydrogen) atoms.